The van der Waals surface area contributed by atoms with Crippen molar-refractivity contribution in [3.8, 4) is 11.5 Å². The summed E-state index contributed by atoms with van der Waals surface area (Å²) in [5, 5.41) is 17.8. The van der Waals surface area contributed by atoms with E-state index in [9.17, 15) is 14.4 Å². The summed E-state index contributed by atoms with van der Waals surface area (Å²) in [6.45, 7) is 2.13. The van der Waals surface area contributed by atoms with Gasteiger partial charge in [0.05, 0.1) is 30.5 Å². The molecule has 3 heterocycles. The molecule has 2 aliphatic carbocycles. The molecule has 1 fully saturated rings. The third kappa shape index (κ3) is 11.6. The average molecular weight is 903 g/mol. The van der Waals surface area contributed by atoms with E-state index >= 15 is 0 Å². The van der Waals surface area contributed by atoms with Gasteiger partial charge in [-0.25, -0.2) is 9.36 Å². The first-order valence-corrected chi connectivity index (χ1v) is 22.7. The van der Waals surface area contributed by atoms with E-state index in [0.717, 1.165) is 35.2 Å². The average Bonchev–Trinajstić information content (AvgIpc) is 4.23. The topological polar surface area (TPSA) is 138 Å². The maximum absolute atomic E-state index is 14.3. The molecule has 13 nitrogen and oxygen atoms in total. The molecule has 3 aliphatic rings. The SMILES string of the molecule is O=C(/C=C/C1=CCC=C1)c1ccc(OCCn2cc(CN(Cc3cn(CCOc4ccc(C(=O)/C=C/C5=CCC=C5)cc4)nn3)[C@@H]3C(=O)N(c4ccccc4)[C@@H]3/C=C/c3ccccc3)nn2)cc1. The number of benzene rings is 4. The van der Waals surface area contributed by atoms with Crippen LogP contribution in [0, 0.1) is 0 Å². The van der Waals surface area contributed by atoms with E-state index in [2.05, 4.69) is 62.0 Å². The second kappa shape index (κ2) is 21.8. The van der Waals surface area contributed by atoms with Crippen molar-refractivity contribution >= 4 is 29.2 Å². The summed E-state index contributed by atoms with van der Waals surface area (Å²) in [7, 11) is 0. The van der Waals surface area contributed by atoms with Crippen LogP contribution in [0.15, 0.2) is 200 Å². The van der Waals surface area contributed by atoms with E-state index in [1.165, 1.54) is 0 Å². The van der Waals surface area contributed by atoms with Crippen molar-refractivity contribution in [1.29, 1.82) is 0 Å². The summed E-state index contributed by atoms with van der Waals surface area (Å²) in [6, 6.07) is 33.1. The highest BCUT2D eigenvalue weighted by molar-refractivity contribution is 6.07. The van der Waals surface area contributed by atoms with Gasteiger partial charge in [0.15, 0.2) is 11.6 Å². The van der Waals surface area contributed by atoms with Gasteiger partial charge in [-0.2, -0.15) is 0 Å². The first-order valence-electron chi connectivity index (χ1n) is 22.7. The van der Waals surface area contributed by atoms with Gasteiger partial charge in [-0.3, -0.25) is 19.3 Å². The van der Waals surface area contributed by atoms with E-state index in [-0.39, 0.29) is 23.5 Å². The third-order valence-electron chi connectivity index (χ3n) is 11.6. The van der Waals surface area contributed by atoms with Gasteiger partial charge in [-0.15, -0.1) is 10.2 Å². The van der Waals surface area contributed by atoms with Crippen molar-refractivity contribution in [2.75, 3.05) is 18.1 Å². The zero-order valence-electron chi connectivity index (χ0n) is 37.4. The Balaban J connectivity index is 0.855. The van der Waals surface area contributed by atoms with Crippen LogP contribution in [0.5, 0.6) is 11.5 Å². The molecular weight excluding hydrogens is 853 g/mol. The molecule has 340 valence electrons. The van der Waals surface area contributed by atoms with Crippen LogP contribution >= 0.6 is 0 Å². The van der Waals surface area contributed by atoms with Crippen molar-refractivity contribution in [2.24, 2.45) is 0 Å². The Hall–Kier alpha value is -8.29. The smallest absolute Gasteiger partial charge is 0.247 e. The summed E-state index contributed by atoms with van der Waals surface area (Å²) in [4.78, 5) is 43.6. The lowest BCUT2D eigenvalue weighted by Crippen LogP contribution is -2.70. The van der Waals surface area contributed by atoms with Crippen LogP contribution in [0.2, 0.25) is 0 Å². The molecule has 1 amide bonds. The Labute approximate surface area is 395 Å². The number of hydrogen-bond donors (Lipinski definition) is 0. The van der Waals surface area contributed by atoms with E-state index in [0.29, 0.717) is 73.4 Å². The van der Waals surface area contributed by atoms with Crippen LogP contribution in [-0.2, 0) is 31.0 Å². The van der Waals surface area contributed by atoms with Crippen LogP contribution in [0.3, 0.4) is 0 Å². The molecule has 0 unspecified atom stereocenters. The standard InChI is InChI=1S/C55H50N8O5/c64-52(31-20-42-13-7-8-14-42)44-22-26-49(27-23-44)67-35-33-61-39-46(56-58-61)37-60(54-51(30-19-41-11-3-1-4-12-41)63(55(54)66)48-17-5-2-6-18-48)38-47-40-62(59-57-47)34-36-68-50-28-24-45(25-29-50)53(65)32-21-43-15-9-10-16-43/h1-7,9,11-32,39-40,51,54H,8,10,33-38H2/b30-19+,31-20+,32-21+/t51-,54+/m1/s1. The van der Waals surface area contributed by atoms with E-state index in [4.69, 9.17) is 9.47 Å². The number of carbonyl (C=O) groups excluding carboxylic acids is 3. The second-order valence-electron chi connectivity index (χ2n) is 16.4. The number of aromatic nitrogens is 6. The summed E-state index contributed by atoms with van der Waals surface area (Å²) in [6.07, 6.45) is 28.7. The van der Waals surface area contributed by atoms with Crippen molar-refractivity contribution < 1.29 is 23.9 Å². The number of nitrogens with zero attached hydrogens (tertiary/aromatic N) is 8. The fourth-order valence-electron chi connectivity index (χ4n) is 8.11. The van der Waals surface area contributed by atoms with Crippen molar-refractivity contribution in [2.45, 2.75) is 51.1 Å². The van der Waals surface area contributed by atoms with Gasteiger partial charge in [-0.05, 0) is 102 Å². The summed E-state index contributed by atoms with van der Waals surface area (Å²) in [5.74, 6) is 1.10. The lowest BCUT2D eigenvalue weighted by atomic mass is 9.90. The molecule has 0 bridgehead atoms. The number of hydrogen-bond acceptors (Lipinski definition) is 10. The minimum Gasteiger partial charge on any atom is -0.492 e. The quantitative estimate of drug-likeness (QED) is 0.0369. The monoisotopic (exact) mass is 902 g/mol. The number of ether oxygens (including phenoxy) is 2. The van der Waals surface area contributed by atoms with Gasteiger partial charge in [0.25, 0.3) is 0 Å². The molecule has 0 spiro atoms. The van der Waals surface area contributed by atoms with Gasteiger partial charge in [0.1, 0.15) is 30.8 Å². The van der Waals surface area contributed by atoms with Gasteiger partial charge < -0.3 is 14.4 Å². The van der Waals surface area contributed by atoms with Gasteiger partial charge in [-0.1, -0.05) is 120 Å². The Morgan fingerprint density at radius 2 is 1.13 bits per heavy atom. The molecule has 0 saturated carbocycles. The summed E-state index contributed by atoms with van der Waals surface area (Å²) >= 11 is 0. The fourth-order valence-corrected chi connectivity index (χ4v) is 8.11. The number of ketones is 2. The third-order valence-corrected chi connectivity index (χ3v) is 11.6. The molecule has 4 aromatic carbocycles. The Morgan fingerprint density at radius 1 is 0.632 bits per heavy atom. The van der Waals surface area contributed by atoms with Crippen molar-refractivity contribution in [1.82, 2.24) is 34.9 Å². The molecule has 6 aromatic rings. The number of rotatable bonds is 22. The minimum absolute atomic E-state index is 0.0419. The first-order chi connectivity index (χ1) is 33.4. The van der Waals surface area contributed by atoms with Gasteiger partial charge in [0, 0.05) is 42.3 Å². The lowest BCUT2D eigenvalue weighted by Gasteiger charge is -2.50. The molecule has 68 heavy (non-hydrogen) atoms. The number of carbonyl (C=O) groups is 3. The molecule has 1 saturated heterocycles. The highest BCUT2D eigenvalue weighted by Gasteiger charge is 2.50. The van der Waals surface area contributed by atoms with Gasteiger partial charge in [0.2, 0.25) is 5.91 Å². The number of anilines is 1. The van der Waals surface area contributed by atoms with Crippen LogP contribution < -0.4 is 14.4 Å². The Kier molecular flexibility index (Phi) is 14.4. The van der Waals surface area contributed by atoms with Crippen LogP contribution in [0.25, 0.3) is 6.08 Å². The van der Waals surface area contributed by atoms with Crippen LogP contribution in [0.1, 0.15) is 50.5 Å². The Morgan fingerprint density at radius 3 is 1.62 bits per heavy atom. The largest absolute Gasteiger partial charge is 0.492 e. The number of allylic oxidation sites excluding steroid dienone is 12. The molecule has 13 heteroatoms. The summed E-state index contributed by atoms with van der Waals surface area (Å²) < 4.78 is 15.5. The van der Waals surface area contributed by atoms with Crippen molar-refractivity contribution in [3.63, 3.8) is 0 Å². The minimum atomic E-state index is -0.541. The summed E-state index contributed by atoms with van der Waals surface area (Å²) in [5.41, 5.74) is 6.43. The van der Waals surface area contributed by atoms with Crippen LogP contribution in [-0.4, -0.2) is 77.7 Å². The number of para-hydroxylation sites is 1. The molecule has 2 atom stereocenters. The number of amides is 1. The van der Waals surface area contributed by atoms with E-state index < -0.39 is 6.04 Å². The van der Waals surface area contributed by atoms with Crippen LogP contribution in [0.4, 0.5) is 5.69 Å². The van der Waals surface area contributed by atoms with Gasteiger partial charge >= 0.3 is 0 Å². The number of β-lactam (4-membered cyclic amide) rings is 1. The molecule has 9 rings (SSSR count). The zero-order chi connectivity index (χ0) is 46.5. The van der Waals surface area contributed by atoms with E-state index in [1.54, 1.807) is 70.0 Å². The fraction of sp³-hybridized carbons (Fsp3) is 0.182. The lowest BCUT2D eigenvalue weighted by molar-refractivity contribution is -0.131. The van der Waals surface area contributed by atoms with E-state index in [1.807, 2.05) is 102 Å². The molecule has 2 aromatic heterocycles. The predicted octanol–water partition coefficient (Wildman–Crippen LogP) is 8.78. The first kappa shape index (κ1) is 44.9. The predicted molar refractivity (Wildman–Crippen MR) is 261 cm³/mol. The second-order valence-corrected chi connectivity index (χ2v) is 16.4. The maximum Gasteiger partial charge on any atom is 0.247 e. The normalized spacial score (nSPS) is 16.6. The molecule has 1 aliphatic heterocycles. The zero-order valence-corrected chi connectivity index (χ0v) is 37.4. The highest BCUT2D eigenvalue weighted by Crippen LogP contribution is 2.34. The highest BCUT2D eigenvalue weighted by atomic mass is 16.5. The molecule has 0 radical (unpaired) electrons. The van der Waals surface area contributed by atoms with Crippen molar-refractivity contribution in [3.05, 3.63) is 228 Å². The Bertz CT molecular complexity index is 2780. The molecular formula is C55H50N8O5. The maximum atomic E-state index is 14.3. The molecule has 0 N–H and O–H groups in total.